The maximum absolute atomic E-state index is 12.2. The minimum atomic E-state index is -1.79. The first-order valence-electron chi connectivity index (χ1n) is 8.40. The fourth-order valence-corrected chi connectivity index (χ4v) is 3.40. The molecule has 1 aromatic carbocycles. The molecule has 0 atom stereocenters. The molecule has 0 bridgehead atoms. The lowest BCUT2D eigenvalue weighted by Crippen LogP contribution is -2.55. The molecule has 8 nitrogen and oxygen atoms in total. The second-order valence-electron chi connectivity index (χ2n) is 6.48. The number of carbonyl (C=O) groups is 4. The maximum atomic E-state index is 12.2. The summed E-state index contributed by atoms with van der Waals surface area (Å²) >= 11 is 0. The third kappa shape index (κ3) is 3.68. The monoisotopic (exact) mass is 361 g/mol. The molecule has 8 heteroatoms. The summed E-state index contributed by atoms with van der Waals surface area (Å²) in [6, 6.07) is 9.92. The first-order chi connectivity index (χ1) is 12.4. The zero-order valence-corrected chi connectivity index (χ0v) is 14.0. The van der Waals surface area contributed by atoms with E-state index in [1.165, 1.54) is 5.56 Å². The molecular formula is C18H19NO7. The highest BCUT2D eigenvalue weighted by Crippen LogP contribution is 2.43. The van der Waals surface area contributed by atoms with Gasteiger partial charge in [0.1, 0.15) is 6.54 Å². The standard InChI is InChI=1S/C18H19NO7/c20-13(21)10-19-15(22)14-16(23)25-18(26-17(14)24)8-6-12(7-9-18)11-4-2-1-3-5-11/h1-5,12,14H,6-10H2,(H,19,22)(H,20,21). The Hall–Kier alpha value is -2.90. The smallest absolute Gasteiger partial charge is 0.333 e. The number of aliphatic carboxylic acids is 1. The van der Waals surface area contributed by atoms with E-state index in [1.54, 1.807) is 0 Å². The third-order valence-electron chi connectivity index (χ3n) is 4.74. The molecule has 0 radical (unpaired) electrons. The van der Waals surface area contributed by atoms with Crippen molar-refractivity contribution in [2.24, 2.45) is 5.92 Å². The summed E-state index contributed by atoms with van der Waals surface area (Å²) in [5.74, 6) is -7.14. The summed E-state index contributed by atoms with van der Waals surface area (Å²) in [5.41, 5.74) is 1.18. The zero-order valence-electron chi connectivity index (χ0n) is 14.0. The predicted molar refractivity (Wildman–Crippen MR) is 86.7 cm³/mol. The van der Waals surface area contributed by atoms with Crippen molar-refractivity contribution in [3.05, 3.63) is 35.9 Å². The van der Waals surface area contributed by atoms with Crippen molar-refractivity contribution in [3.63, 3.8) is 0 Å². The average molecular weight is 361 g/mol. The Bertz CT molecular complexity index is 702. The highest BCUT2D eigenvalue weighted by atomic mass is 16.7. The molecule has 26 heavy (non-hydrogen) atoms. The molecular weight excluding hydrogens is 342 g/mol. The molecule has 1 heterocycles. The Kier molecular flexibility index (Phi) is 4.92. The van der Waals surface area contributed by atoms with Crippen molar-refractivity contribution in [2.45, 2.75) is 37.4 Å². The van der Waals surface area contributed by atoms with Crippen LogP contribution in [0.15, 0.2) is 30.3 Å². The number of carbonyl (C=O) groups excluding carboxylic acids is 3. The lowest BCUT2D eigenvalue weighted by atomic mass is 9.80. The number of hydrogen-bond acceptors (Lipinski definition) is 6. The van der Waals surface area contributed by atoms with Gasteiger partial charge in [0, 0.05) is 12.8 Å². The summed E-state index contributed by atoms with van der Waals surface area (Å²) in [6.07, 6.45) is 2.07. The van der Waals surface area contributed by atoms with E-state index in [2.05, 4.69) is 0 Å². The zero-order chi connectivity index (χ0) is 18.7. The van der Waals surface area contributed by atoms with Crippen LogP contribution in [-0.4, -0.2) is 41.3 Å². The van der Waals surface area contributed by atoms with Gasteiger partial charge in [-0.1, -0.05) is 30.3 Å². The summed E-state index contributed by atoms with van der Waals surface area (Å²) in [5, 5.41) is 10.6. The van der Waals surface area contributed by atoms with Crippen LogP contribution in [0.2, 0.25) is 0 Å². The number of rotatable bonds is 4. The van der Waals surface area contributed by atoms with Crippen LogP contribution in [0, 0.1) is 5.92 Å². The molecule has 2 N–H and O–H groups in total. The second-order valence-corrected chi connectivity index (χ2v) is 6.48. The van der Waals surface area contributed by atoms with Crippen LogP contribution >= 0.6 is 0 Å². The Labute approximate surface area is 149 Å². The van der Waals surface area contributed by atoms with E-state index >= 15 is 0 Å². The number of ether oxygens (including phenoxy) is 2. The molecule has 138 valence electrons. The molecule has 3 rings (SSSR count). The van der Waals surface area contributed by atoms with E-state index in [-0.39, 0.29) is 5.92 Å². The quantitative estimate of drug-likeness (QED) is 0.605. The largest absolute Gasteiger partial charge is 0.480 e. The number of esters is 2. The average Bonchev–Trinajstić information content (AvgIpc) is 2.60. The van der Waals surface area contributed by atoms with Gasteiger partial charge >= 0.3 is 17.9 Å². The van der Waals surface area contributed by atoms with Crippen molar-refractivity contribution >= 4 is 23.8 Å². The van der Waals surface area contributed by atoms with Crippen molar-refractivity contribution in [3.8, 4) is 0 Å². The number of carboxylic acids is 1. The molecule has 1 amide bonds. The highest BCUT2D eigenvalue weighted by Gasteiger charge is 2.53. The molecule has 0 unspecified atom stereocenters. The minimum absolute atomic E-state index is 0.288. The molecule has 1 aliphatic heterocycles. The van der Waals surface area contributed by atoms with E-state index in [0.717, 1.165) is 0 Å². The summed E-state index contributed by atoms with van der Waals surface area (Å²) in [4.78, 5) is 46.7. The predicted octanol–water partition coefficient (Wildman–Crippen LogP) is 0.957. The second kappa shape index (κ2) is 7.15. The normalized spacial score (nSPS) is 28.2. The maximum Gasteiger partial charge on any atom is 0.333 e. The van der Waals surface area contributed by atoms with Crippen LogP contribution in [0.5, 0.6) is 0 Å². The number of benzene rings is 1. The van der Waals surface area contributed by atoms with Crippen LogP contribution in [0.25, 0.3) is 0 Å². The molecule has 1 saturated heterocycles. The SMILES string of the molecule is O=C(O)CNC(=O)C1C(=O)OC2(CCC(c3ccccc3)CC2)OC1=O. The Balaban J connectivity index is 1.62. The molecule has 2 fully saturated rings. The van der Waals surface area contributed by atoms with Crippen LogP contribution in [-0.2, 0) is 28.7 Å². The molecule has 2 aliphatic rings. The molecule has 1 spiro atoms. The van der Waals surface area contributed by atoms with Gasteiger partial charge in [0.2, 0.25) is 11.8 Å². The fraction of sp³-hybridized carbons (Fsp3) is 0.444. The van der Waals surface area contributed by atoms with Crippen LogP contribution in [0.3, 0.4) is 0 Å². The van der Waals surface area contributed by atoms with Crippen molar-refractivity contribution in [1.82, 2.24) is 5.32 Å². The number of hydrogen-bond donors (Lipinski definition) is 2. The highest BCUT2D eigenvalue weighted by molar-refractivity contribution is 6.15. The Morgan fingerprint density at radius 2 is 1.65 bits per heavy atom. The first kappa shape index (κ1) is 17.9. The number of carboxylic acid groups (broad SMARTS) is 1. The molecule has 0 aromatic heterocycles. The fourth-order valence-electron chi connectivity index (χ4n) is 3.40. The van der Waals surface area contributed by atoms with Crippen molar-refractivity contribution < 1.29 is 33.8 Å². The molecule has 1 aromatic rings. The van der Waals surface area contributed by atoms with Gasteiger partial charge < -0.3 is 19.9 Å². The van der Waals surface area contributed by atoms with Gasteiger partial charge in [0.25, 0.3) is 5.79 Å². The van der Waals surface area contributed by atoms with E-state index < -0.39 is 42.1 Å². The van der Waals surface area contributed by atoms with Crippen molar-refractivity contribution in [2.75, 3.05) is 6.54 Å². The first-order valence-corrected chi connectivity index (χ1v) is 8.40. The van der Waals surface area contributed by atoms with Gasteiger partial charge in [0.15, 0.2) is 0 Å². The topological polar surface area (TPSA) is 119 Å². The van der Waals surface area contributed by atoms with Crippen LogP contribution < -0.4 is 5.32 Å². The van der Waals surface area contributed by atoms with E-state index in [4.69, 9.17) is 14.6 Å². The van der Waals surface area contributed by atoms with E-state index in [1.807, 2.05) is 35.6 Å². The van der Waals surface area contributed by atoms with Crippen LogP contribution in [0.4, 0.5) is 0 Å². The van der Waals surface area contributed by atoms with Gasteiger partial charge in [-0.3, -0.25) is 19.2 Å². The van der Waals surface area contributed by atoms with Crippen molar-refractivity contribution in [1.29, 1.82) is 0 Å². The lowest BCUT2D eigenvalue weighted by molar-refractivity contribution is -0.260. The summed E-state index contributed by atoms with van der Waals surface area (Å²) < 4.78 is 10.6. The lowest BCUT2D eigenvalue weighted by Gasteiger charge is -2.42. The molecule has 1 aliphatic carbocycles. The van der Waals surface area contributed by atoms with Gasteiger partial charge in [-0.05, 0) is 24.3 Å². The number of nitrogens with one attached hydrogen (secondary N) is 1. The molecule has 1 saturated carbocycles. The van der Waals surface area contributed by atoms with Gasteiger partial charge in [-0.25, -0.2) is 0 Å². The van der Waals surface area contributed by atoms with E-state index in [9.17, 15) is 19.2 Å². The third-order valence-corrected chi connectivity index (χ3v) is 4.74. The summed E-state index contributed by atoms with van der Waals surface area (Å²) in [6.45, 7) is -0.695. The Morgan fingerprint density at radius 3 is 2.19 bits per heavy atom. The summed E-state index contributed by atoms with van der Waals surface area (Å²) in [7, 11) is 0. The van der Waals surface area contributed by atoms with E-state index in [0.29, 0.717) is 25.7 Å². The Morgan fingerprint density at radius 1 is 1.08 bits per heavy atom. The van der Waals surface area contributed by atoms with Gasteiger partial charge in [-0.2, -0.15) is 0 Å². The van der Waals surface area contributed by atoms with Gasteiger partial charge in [0.05, 0.1) is 0 Å². The number of amides is 1. The van der Waals surface area contributed by atoms with Crippen LogP contribution in [0.1, 0.15) is 37.2 Å². The van der Waals surface area contributed by atoms with Gasteiger partial charge in [-0.15, -0.1) is 0 Å². The minimum Gasteiger partial charge on any atom is -0.480 e.